The number of ether oxygens (including phenoxy) is 1. The van der Waals surface area contributed by atoms with E-state index in [1.807, 2.05) is 0 Å². The molecule has 0 aromatic heterocycles. The van der Waals surface area contributed by atoms with E-state index in [4.69, 9.17) is 19.4 Å². The lowest BCUT2D eigenvalue weighted by atomic mass is 10.1. The fraction of sp³-hybridized carbons (Fsp3) is 0.321. The molecule has 2 heterocycles. The van der Waals surface area contributed by atoms with Crippen molar-refractivity contribution in [3.63, 3.8) is 0 Å². The van der Waals surface area contributed by atoms with Crippen LogP contribution in [0.25, 0.3) is 0 Å². The first kappa shape index (κ1) is 28.3. The van der Waals surface area contributed by atoms with Crippen LogP contribution >= 0.6 is 11.8 Å². The predicted molar refractivity (Wildman–Crippen MR) is 150 cm³/mol. The van der Waals surface area contributed by atoms with Crippen molar-refractivity contribution in [2.45, 2.75) is 21.6 Å². The highest BCUT2D eigenvalue weighted by molar-refractivity contribution is 7.99. The van der Waals surface area contributed by atoms with Crippen LogP contribution in [0.15, 0.2) is 92.5 Å². The second-order valence-corrected chi connectivity index (χ2v) is 11.4. The monoisotopic (exact) mass is 555 g/mol. The normalized spacial score (nSPS) is 15.4. The van der Waals surface area contributed by atoms with E-state index >= 15 is 0 Å². The molecular formula is C28H33N3O5S2. The molecule has 3 aromatic rings. The largest absolute Gasteiger partial charge is 0.394 e. The standard InChI is InChI=1S/C21H25N3O2S.C7H8O3S/c25-14-16-26-15-13-23-9-11-24(12-10-23)21-17-5-1-3-7-19(17)27-20-8-4-2-6-18(20)22-21;1-6-4-2-3-5-7(6)11(8,9)10/h1-8,25H,9-16H2;2-5H,1H3,(H,8,9,10). The maximum Gasteiger partial charge on any atom is 0.294 e. The van der Waals surface area contributed by atoms with Crippen LogP contribution in [-0.4, -0.2) is 86.3 Å². The molecule has 0 aliphatic carbocycles. The summed E-state index contributed by atoms with van der Waals surface area (Å²) < 4.78 is 35.3. The molecule has 0 amide bonds. The third-order valence-electron chi connectivity index (χ3n) is 6.27. The number of nitrogens with zero attached hydrogens (tertiary/aromatic N) is 3. The van der Waals surface area contributed by atoms with Crippen LogP contribution in [0.5, 0.6) is 0 Å². The number of amidine groups is 1. The molecular weight excluding hydrogens is 522 g/mol. The average Bonchev–Trinajstić information content (AvgIpc) is 3.08. The maximum absolute atomic E-state index is 10.6. The Morgan fingerprint density at radius 1 is 0.895 bits per heavy atom. The van der Waals surface area contributed by atoms with Gasteiger partial charge in [0.1, 0.15) is 5.84 Å². The number of aliphatic hydroxyl groups is 1. The molecule has 202 valence electrons. The van der Waals surface area contributed by atoms with Gasteiger partial charge in [0.05, 0.1) is 30.4 Å². The number of aryl methyl sites for hydroxylation is 1. The van der Waals surface area contributed by atoms with E-state index in [0.29, 0.717) is 18.8 Å². The minimum Gasteiger partial charge on any atom is -0.394 e. The molecule has 2 N–H and O–H groups in total. The molecule has 0 bridgehead atoms. The Labute approximate surface area is 228 Å². The van der Waals surface area contributed by atoms with Gasteiger partial charge in [0, 0.05) is 48.1 Å². The molecule has 0 radical (unpaired) electrons. The maximum atomic E-state index is 10.6. The van der Waals surface area contributed by atoms with E-state index in [9.17, 15) is 8.42 Å². The average molecular weight is 556 g/mol. The Kier molecular flexibility index (Phi) is 9.95. The van der Waals surface area contributed by atoms with Crippen molar-refractivity contribution in [1.82, 2.24) is 9.80 Å². The minimum absolute atomic E-state index is 0.0278. The Hall–Kier alpha value is -2.73. The van der Waals surface area contributed by atoms with Crippen LogP contribution in [0, 0.1) is 6.92 Å². The molecule has 1 saturated heterocycles. The summed E-state index contributed by atoms with van der Waals surface area (Å²) in [5.41, 5.74) is 2.82. The van der Waals surface area contributed by atoms with E-state index in [2.05, 4.69) is 58.3 Å². The summed E-state index contributed by atoms with van der Waals surface area (Å²) in [6.07, 6.45) is 0. The second-order valence-electron chi connectivity index (χ2n) is 8.91. The molecule has 10 heteroatoms. The number of aliphatic imine (C=N–C) groups is 1. The number of aliphatic hydroxyl groups excluding tert-OH is 1. The summed E-state index contributed by atoms with van der Waals surface area (Å²) >= 11 is 1.80. The van der Waals surface area contributed by atoms with Gasteiger partial charge in [-0.05, 0) is 36.8 Å². The summed E-state index contributed by atoms with van der Waals surface area (Å²) in [7, 11) is -4.03. The van der Waals surface area contributed by atoms with Crippen molar-refractivity contribution >= 4 is 33.4 Å². The molecule has 38 heavy (non-hydrogen) atoms. The van der Waals surface area contributed by atoms with Crippen molar-refractivity contribution in [3.05, 3.63) is 83.9 Å². The SMILES string of the molecule is Cc1ccccc1S(=O)(=O)O.OCCOCCN1CCN(C2=Nc3ccccc3Sc3ccccc32)CC1. The van der Waals surface area contributed by atoms with Gasteiger partial charge in [-0.15, -0.1) is 0 Å². The summed E-state index contributed by atoms with van der Waals surface area (Å²) in [5, 5.41) is 8.79. The lowest BCUT2D eigenvalue weighted by molar-refractivity contribution is 0.0652. The van der Waals surface area contributed by atoms with Crippen LogP contribution in [0.3, 0.4) is 0 Å². The molecule has 0 unspecified atom stereocenters. The third kappa shape index (κ3) is 7.43. The zero-order chi connectivity index (χ0) is 27.0. The van der Waals surface area contributed by atoms with E-state index < -0.39 is 10.1 Å². The molecule has 1 fully saturated rings. The molecule has 0 atom stereocenters. The van der Waals surface area contributed by atoms with Gasteiger partial charge < -0.3 is 14.7 Å². The van der Waals surface area contributed by atoms with E-state index in [1.165, 1.54) is 21.4 Å². The lowest BCUT2D eigenvalue weighted by Crippen LogP contribution is -2.49. The highest BCUT2D eigenvalue weighted by atomic mass is 32.2. The summed E-state index contributed by atoms with van der Waals surface area (Å²) in [5.74, 6) is 1.08. The van der Waals surface area contributed by atoms with Gasteiger partial charge in [-0.1, -0.05) is 60.3 Å². The fourth-order valence-corrected chi connectivity index (χ4v) is 6.04. The zero-order valence-electron chi connectivity index (χ0n) is 21.4. The first-order chi connectivity index (χ1) is 18.4. The first-order valence-corrected chi connectivity index (χ1v) is 14.8. The Balaban J connectivity index is 0.000000257. The smallest absolute Gasteiger partial charge is 0.294 e. The quantitative estimate of drug-likeness (QED) is 0.346. The Bertz CT molecular complexity index is 1360. The van der Waals surface area contributed by atoms with Crippen LogP contribution in [0.4, 0.5) is 5.69 Å². The number of benzene rings is 3. The second kappa shape index (κ2) is 13.4. The number of hydrogen-bond donors (Lipinski definition) is 2. The summed E-state index contributed by atoms with van der Waals surface area (Å²) in [4.78, 5) is 12.3. The molecule has 8 nitrogen and oxygen atoms in total. The van der Waals surface area contributed by atoms with Gasteiger partial charge in [-0.3, -0.25) is 9.45 Å². The number of rotatable bonds is 6. The van der Waals surface area contributed by atoms with Crippen molar-refractivity contribution < 1.29 is 22.8 Å². The number of hydrogen-bond acceptors (Lipinski definition) is 8. The van der Waals surface area contributed by atoms with Gasteiger partial charge in [-0.25, -0.2) is 4.99 Å². The number of fused-ring (bicyclic) bond motifs is 2. The minimum atomic E-state index is -4.03. The van der Waals surface area contributed by atoms with Gasteiger partial charge in [0.2, 0.25) is 0 Å². The van der Waals surface area contributed by atoms with Gasteiger partial charge in [0.25, 0.3) is 10.1 Å². The summed E-state index contributed by atoms with van der Waals surface area (Å²) in [6, 6.07) is 23.2. The van der Waals surface area contributed by atoms with Crippen molar-refractivity contribution in [2.75, 3.05) is 52.5 Å². The summed E-state index contributed by atoms with van der Waals surface area (Å²) in [6.45, 7) is 7.64. The number of para-hydroxylation sites is 1. The Morgan fingerprint density at radius 3 is 2.24 bits per heavy atom. The molecule has 3 aromatic carbocycles. The van der Waals surface area contributed by atoms with Crippen LogP contribution < -0.4 is 0 Å². The van der Waals surface area contributed by atoms with E-state index in [-0.39, 0.29) is 11.5 Å². The predicted octanol–water partition coefficient (Wildman–Crippen LogP) is 4.10. The molecule has 0 saturated carbocycles. The van der Waals surface area contributed by atoms with Gasteiger partial charge >= 0.3 is 0 Å². The van der Waals surface area contributed by atoms with Crippen molar-refractivity contribution in [3.8, 4) is 0 Å². The molecule has 5 rings (SSSR count). The fourth-order valence-electron chi connectivity index (χ4n) is 4.30. The molecule has 0 spiro atoms. The highest BCUT2D eigenvalue weighted by Gasteiger charge is 2.25. The topological polar surface area (TPSA) is 103 Å². The number of piperazine rings is 1. The lowest BCUT2D eigenvalue weighted by Gasteiger charge is -2.36. The van der Waals surface area contributed by atoms with Crippen LogP contribution in [0.1, 0.15) is 11.1 Å². The zero-order valence-corrected chi connectivity index (χ0v) is 23.0. The van der Waals surface area contributed by atoms with E-state index in [0.717, 1.165) is 44.2 Å². The molecule has 2 aliphatic heterocycles. The first-order valence-electron chi connectivity index (χ1n) is 12.5. The van der Waals surface area contributed by atoms with Crippen LogP contribution in [-0.2, 0) is 14.9 Å². The third-order valence-corrected chi connectivity index (χ3v) is 8.43. The van der Waals surface area contributed by atoms with Gasteiger partial charge in [0.15, 0.2) is 0 Å². The highest BCUT2D eigenvalue weighted by Crippen LogP contribution is 2.40. The van der Waals surface area contributed by atoms with Crippen molar-refractivity contribution in [1.29, 1.82) is 0 Å². The van der Waals surface area contributed by atoms with Crippen LogP contribution in [0.2, 0.25) is 0 Å². The Morgan fingerprint density at radius 2 is 1.55 bits per heavy atom. The van der Waals surface area contributed by atoms with E-state index in [1.54, 1.807) is 36.9 Å². The van der Waals surface area contributed by atoms with Crippen molar-refractivity contribution in [2.24, 2.45) is 4.99 Å². The van der Waals surface area contributed by atoms with Gasteiger partial charge in [-0.2, -0.15) is 8.42 Å². The molecule has 2 aliphatic rings.